The Balaban J connectivity index is 1.11. The Morgan fingerprint density at radius 1 is 1.03 bits per heavy atom. The number of rotatable bonds is 9. The minimum Gasteiger partial charge on any atom is -0.497 e. The molecule has 0 radical (unpaired) electrons. The van der Waals surface area contributed by atoms with E-state index in [1.807, 2.05) is 42.5 Å². The van der Waals surface area contributed by atoms with Gasteiger partial charge in [0, 0.05) is 37.8 Å². The topological polar surface area (TPSA) is 66.5 Å². The van der Waals surface area contributed by atoms with E-state index in [0.717, 1.165) is 65.6 Å². The number of hydrogen-bond donors (Lipinski definition) is 2. The minimum atomic E-state index is -0.0564. The van der Waals surface area contributed by atoms with Crippen molar-refractivity contribution in [1.82, 2.24) is 15.2 Å². The second kappa shape index (κ2) is 11.5. The second-order valence-corrected chi connectivity index (χ2v) is 10.3. The summed E-state index contributed by atoms with van der Waals surface area (Å²) in [5.41, 5.74) is 4.13. The Hall–Kier alpha value is -3.42. The molecule has 0 aliphatic carbocycles. The van der Waals surface area contributed by atoms with E-state index in [1.165, 1.54) is 5.56 Å². The van der Waals surface area contributed by atoms with Gasteiger partial charge in [0.1, 0.15) is 5.75 Å². The van der Waals surface area contributed by atoms with Gasteiger partial charge in [-0.05, 0) is 60.7 Å². The lowest BCUT2D eigenvalue weighted by molar-refractivity contribution is 0.0954. The number of nitrogens with zero attached hydrogens (tertiary/aromatic N) is 2. The smallest absolute Gasteiger partial charge is 0.251 e. The normalized spacial score (nSPS) is 14.6. The van der Waals surface area contributed by atoms with Crippen molar-refractivity contribution in [2.45, 2.75) is 31.8 Å². The molecule has 186 valence electrons. The van der Waals surface area contributed by atoms with Crippen LogP contribution in [0.2, 0.25) is 0 Å². The molecule has 0 spiro atoms. The number of ether oxygens (including phenoxy) is 1. The minimum absolute atomic E-state index is 0.0564. The number of thiazole rings is 1. The van der Waals surface area contributed by atoms with Crippen LogP contribution >= 0.6 is 11.3 Å². The van der Waals surface area contributed by atoms with Crippen LogP contribution in [0.4, 0.5) is 5.13 Å². The van der Waals surface area contributed by atoms with Gasteiger partial charge < -0.3 is 15.4 Å². The summed E-state index contributed by atoms with van der Waals surface area (Å²) in [6, 6.07) is 24.8. The average molecular weight is 501 g/mol. The van der Waals surface area contributed by atoms with E-state index in [-0.39, 0.29) is 5.91 Å². The third kappa shape index (κ3) is 6.22. The molecule has 6 nitrogen and oxygen atoms in total. The van der Waals surface area contributed by atoms with Crippen molar-refractivity contribution in [3.8, 4) is 5.75 Å². The Labute approximate surface area is 216 Å². The maximum absolute atomic E-state index is 12.7. The molecule has 2 N–H and O–H groups in total. The first-order valence-corrected chi connectivity index (χ1v) is 13.3. The summed E-state index contributed by atoms with van der Waals surface area (Å²) >= 11 is 1.62. The molecule has 0 saturated carbocycles. The summed E-state index contributed by atoms with van der Waals surface area (Å²) < 4.78 is 6.22. The number of piperidine rings is 1. The number of methoxy groups -OCH3 is 1. The van der Waals surface area contributed by atoms with Gasteiger partial charge in [-0.15, -0.1) is 0 Å². The first-order valence-electron chi connectivity index (χ1n) is 12.5. The number of nitrogens with one attached hydrogen (secondary N) is 2. The third-order valence-corrected chi connectivity index (χ3v) is 7.62. The summed E-state index contributed by atoms with van der Waals surface area (Å²) in [6.07, 6.45) is 2.98. The maximum Gasteiger partial charge on any atom is 0.251 e. The van der Waals surface area contributed by atoms with Crippen molar-refractivity contribution in [1.29, 1.82) is 0 Å². The number of benzene rings is 3. The van der Waals surface area contributed by atoms with Gasteiger partial charge in [0.25, 0.3) is 5.91 Å². The molecule has 0 unspecified atom stereocenters. The zero-order valence-electron chi connectivity index (χ0n) is 20.6. The Morgan fingerprint density at radius 2 is 1.81 bits per heavy atom. The fourth-order valence-electron chi connectivity index (χ4n) is 4.59. The molecule has 1 aliphatic rings. The molecular weight excluding hydrogens is 468 g/mol. The van der Waals surface area contributed by atoms with E-state index in [9.17, 15) is 4.79 Å². The zero-order valence-corrected chi connectivity index (χ0v) is 21.4. The summed E-state index contributed by atoms with van der Waals surface area (Å²) in [5.74, 6) is 0.780. The number of anilines is 1. The highest BCUT2D eigenvalue weighted by Gasteiger charge is 2.20. The van der Waals surface area contributed by atoms with Gasteiger partial charge in [-0.2, -0.15) is 0 Å². The standard InChI is InChI=1S/C29H32N4O2S/c1-35-25-10-7-21(8-11-25)13-16-30-28(34)23-9-12-26-27(19-23)36-29(32-26)31-24-14-17-33(18-15-24)20-22-5-3-2-4-6-22/h2-12,19,24H,13-18,20H2,1H3,(H,30,34)(H,31,32). The van der Waals surface area contributed by atoms with Crippen molar-refractivity contribution in [3.05, 3.63) is 89.5 Å². The number of aromatic nitrogens is 1. The molecule has 0 bridgehead atoms. The van der Waals surface area contributed by atoms with Crippen LogP contribution in [0.1, 0.15) is 34.3 Å². The largest absolute Gasteiger partial charge is 0.497 e. The molecule has 3 aromatic carbocycles. The maximum atomic E-state index is 12.7. The fraction of sp³-hybridized carbons (Fsp3) is 0.310. The van der Waals surface area contributed by atoms with Crippen LogP contribution in [-0.4, -0.2) is 48.6 Å². The molecule has 1 amide bonds. The number of carbonyl (C=O) groups is 1. The zero-order chi connectivity index (χ0) is 24.7. The number of amides is 1. The van der Waals surface area contributed by atoms with E-state index in [4.69, 9.17) is 9.72 Å². The predicted molar refractivity (Wildman–Crippen MR) is 147 cm³/mol. The first-order chi connectivity index (χ1) is 17.7. The highest BCUT2D eigenvalue weighted by molar-refractivity contribution is 7.22. The third-order valence-electron chi connectivity index (χ3n) is 6.67. The first kappa shape index (κ1) is 24.3. The summed E-state index contributed by atoms with van der Waals surface area (Å²) in [7, 11) is 1.66. The van der Waals surface area contributed by atoms with Gasteiger partial charge in [0.2, 0.25) is 0 Å². The lowest BCUT2D eigenvalue weighted by Gasteiger charge is -2.32. The molecule has 1 saturated heterocycles. The van der Waals surface area contributed by atoms with Gasteiger partial charge in [0.15, 0.2) is 5.13 Å². The number of carbonyl (C=O) groups excluding carboxylic acids is 1. The SMILES string of the molecule is COc1ccc(CCNC(=O)c2ccc3nc(NC4CCN(Cc5ccccc5)CC4)sc3c2)cc1. The molecule has 2 heterocycles. The molecule has 0 atom stereocenters. The Kier molecular flexibility index (Phi) is 7.79. The van der Waals surface area contributed by atoms with Crippen LogP contribution in [0, 0.1) is 0 Å². The summed E-state index contributed by atoms with van der Waals surface area (Å²) in [5, 5.41) is 7.60. The molecule has 1 fully saturated rings. The van der Waals surface area contributed by atoms with Crippen LogP contribution in [-0.2, 0) is 13.0 Å². The van der Waals surface area contributed by atoms with Gasteiger partial charge in [-0.3, -0.25) is 9.69 Å². The quantitative estimate of drug-likeness (QED) is 0.324. The lowest BCUT2D eigenvalue weighted by Crippen LogP contribution is -2.38. The molecular formula is C29H32N4O2S. The molecule has 1 aliphatic heterocycles. The van der Waals surface area contributed by atoms with Crippen molar-refractivity contribution >= 4 is 32.6 Å². The van der Waals surface area contributed by atoms with Crippen molar-refractivity contribution in [2.24, 2.45) is 0 Å². The van der Waals surface area contributed by atoms with E-state index in [0.29, 0.717) is 18.2 Å². The number of hydrogen-bond acceptors (Lipinski definition) is 6. The molecule has 4 aromatic rings. The highest BCUT2D eigenvalue weighted by atomic mass is 32.1. The van der Waals surface area contributed by atoms with E-state index in [2.05, 4.69) is 45.9 Å². The van der Waals surface area contributed by atoms with Gasteiger partial charge in [-0.1, -0.05) is 53.8 Å². The van der Waals surface area contributed by atoms with Crippen molar-refractivity contribution < 1.29 is 9.53 Å². The fourth-order valence-corrected chi connectivity index (χ4v) is 5.58. The Morgan fingerprint density at radius 3 is 2.56 bits per heavy atom. The van der Waals surface area contributed by atoms with Crippen molar-refractivity contribution in [3.63, 3.8) is 0 Å². The predicted octanol–water partition coefficient (Wildman–Crippen LogP) is 5.35. The van der Waals surface area contributed by atoms with E-state index >= 15 is 0 Å². The van der Waals surface area contributed by atoms with Crippen LogP contribution in [0.3, 0.4) is 0 Å². The second-order valence-electron chi connectivity index (χ2n) is 9.24. The lowest BCUT2D eigenvalue weighted by atomic mass is 10.0. The van der Waals surface area contributed by atoms with Gasteiger partial charge in [-0.25, -0.2) is 4.98 Å². The summed E-state index contributed by atoms with van der Waals surface area (Å²) in [6.45, 7) is 3.76. The average Bonchev–Trinajstić information content (AvgIpc) is 3.32. The van der Waals surface area contributed by atoms with Gasteiger partial charge >= 0.3 is 0 Å². The van der Waals surface area contributed by atoms with Crippen LogP contribution in [0.5, 0.6) is 5.75 Å². The van der Waals surface area contributed by atoms with Gasteiger partial charge in [0.05, 0.1) is 17.3 Å². The number of fused-ring (bicyclic) bond motifs is 1. The van der Waals surface area contributed by atoms with Crippen LogP contribution in [0.15, 0.2) is 72.8 Å². The van der Waals surface area contributed by atoms with Crippen LogP contribution < -0.4 is 15.4 Å². The highest BCUT2D eigenvalue weighted by Crippen LogP contribution is 2.29. The number of likely N-dealkylation sites (tertiary alicyclic amines) is 1. The van der Waals surface area contributed by atoms with Crippen molar-refractivity contribution in [2.75, 3.05) is 32.1 Å². The molecule has 36 heavy (non-hydrogen) atoms. The monoisotopic (exact) mass is 500 g/mol. The summed E-state index contributed by atoms with van der Waals surface area (Å²) in [4.78, 5) is 20.0. The molecule has 7 heteroatoms. The molecule has 5 rings (SSSR count). The Bertz CT molecular complexity index is 1280. The molecule has 1 aromatic heterocycles. The van der Waals surface area contributed by atoms with Crippen LogP contribution in [0.25, 0.3) is 10.2 Å². The van der Waals surface area contributed by atoms with E-state index in [1.54, 1.807) is 18.4 Å². The van der Waals surface area contributed by atoms with E-state index < -0.39 is 0 Å².